The first-order valence-corrected chi connectivity index (χ1v) is 5.19. The van der Waals surface area contributed by atoms with Gasteiger partial charge in [0, 0.05) is 6.42 Å². The second-order valence-electron chi connectivity index (χ2n) is 4.53. The van der Waals surface area contributed by atoms with E-state index < -0.39 is 5.60 Å². The summed E-state index contributed by atoms with van der Waals surface area (Å²) in [5.41, 5.74) is 0.641. The van der Waals surface area contributed by atoms with Crippen molar-refractivity contribution in [1.29, 1.82) is 0 Å². The molecule has 1 rings (SSSR count). The van der Waals surface area contributed by atoms with Crippen molar-refractivity contribution in [2.24, 2.45) is 0 Å². The second kappa shape index (κ2) is 4.92. The summed E-state index contributed by atoms with van der Waals surface area (Å²) in [5.74, 6) is -0.384. The van der Waals surface area contributed by atoms with Crippen LogP contribution in [0.15, 0.2) is 24.3 Å². The zero-order valence-electron chi connectivity index (χ0n) is 9.82. The van der Waals surface area contributed by atoms with Gasteiger partial charge in [0.2, 0.25) is 0 Å². The lowest BCUT2D eigenvalue weighted by Gasteiger charge is -2.20. The van der Waals surface area contributed by atoms with Gasteiger partial charge in [0.25, 0.3) is 0 Å². The molecule has 0 amide bonds. The van der Waals surface area contributed by atoms with Gasteiger partial charge in [-0.3, -0.25) is 0 Å². The third-order valence-corrected chi connectivity index (χ3v) is 1.94. The smallest absolute Gasteiger partial charge is 0.338 e. The molecule has 0 heterocycles. The number of esters is 1. The van der Waals surface area contributed by atoms with Crippen LogP contribution in [-0.2, 0) is 16.0 Å². The Kier molecular flexibility index (Phi) is 3.82. The summed E-state index contributed by atoms with van der Waals surface area (Å²) in [4.78, 5) is 22.3. The number of rotatable bonds is 3. The minimum absolute atomic E-state index is 0.232. The molecule has 16 heavy (non-hydrogen) atoms. The molecule has 0 fully saturated rings. The van der Waals surface area contributed by atoms with E-state index in [0.29, 0.717) is 11.1 Å². The molecule has 0 aliphatic rings. The molecular weight excluding hydrogens is 204 g/mol. The van der Waals surface area contributed by atoms with E-state index in [1.807, 2.05) is 20.8 Å². The molecule has 0 saturated heterocycles. The van der Waals surface area contributed by atoms with Crippen LogP contribution in [0, 0.1) is 0 Å². The molecule has 0 atom stereocenters. The van der Waals surface area contributed by atoms with Crippen molar-refractivity contribution in [1.82, 2.24) is 0 Å². The SMILES string of the molecule is CC(C)(C)OC(=O)c1ccccc1CC=O. The summed E-state index contributed by atoms with van der Waals surface area (Å²) in [7, 11) is 0. The Morgan fingerprint density at radius 1 is 1.31 bits per heavy atom. The average Bonchev–Trinajstić information content (AvgIpc) is 2.16. The van der Waals surface area contributed by atoms with Crippen molar-refractivity contribution < 1.29 is 14.3 Å². The van der Waals surface area contributed by atoms with Crippen LogP contribution in [0.4, 0.5) is 0 Å². The minimum Gasteiger partial charge on any atom is -0.456 e. The minimum atomic E-state index is -0.522. The van der Waals surface area contributed by atoms with E-state index >= 15 is 0 Å². The Bertz CT molecular complexity index is 388. The van der Waals surface area contributed by atoms with Crippen LogP contribution in [0.1, 0.15) is 36.7 Å². The number of aldehydes is 1. The fourth-order valence-electron chi connectivity index (χ4n) is 1.32. The van der Waals surface area contributed by atoms with E-state index in [2.05, 4.69) is 0 Å². The highest BCUT2D eigenvalue weighted by atomic mass is 16.6. The van der Waals surface area contributed by atoms with Crippen LogP contribution in [0.3, 0.4) is 0 Å². The molecule has 0 spiro atoms. The van der Waals surface area contributed by atoms with E-state index in [1.54, 1.807) is 24.3 Å². The zero-order valence-corrected chi connectivity index (χ0v) is 9.82. The van der Waals surface area contributed by atoms with Gasteiger partial charge in [-0.25, -0.2) is 4.79 Å². The van der Waals surface area contributed by atoms with E-state index in [0.717, 1.165) is 6.29 Å². The normalized spacial score (nSPS) is 10.9. The molecule has 0 saturated carbocycles. The highest BCUT2D eigenvalue weighted by Gasteiger charge is 2.19. The summed E-state index contributed by atoms with van der Waals surface area (Å²) in [6, 6.07) is 6.99. The quantitative estimate of drug-likeness (QED) is 0.580. The largest absolute Gasteiger partial charge is 0.456 e. The molecule has 0 bridgehead atoms. The van der Waals surface area contributed by atoms with Gasteiger partial charge in [0.15, 0.2) is 0 Å². The average molecular weight is 220 g/mol. The summed E-state index contributed by atoms with van der Waals surface area (Å²) >= 11 is 0. The maximum Gasteiger partial charge on any atom is 0.338 e. The molecule has 0 unspecified atom stereocenters. The van der Waals surface area contributed by atoms with Crippen molar-refractivity contribution in [3.8, 4) is 0 Å². The maximum absolute atomic E-state index is 11.8. The number of carbonyl (C=O) groups excluding carboxylic acids is 2. The predicted molar refractivity (Wildman–Crippen MR) is 61.4 cm³/mol. The van der Waals surface area contributed by atoms with Gasteiger partial charge >= 0.3 is 5.97 Å². The Morgan fingerprint density at radius 2 is 1.94 bits per heavy atom. The lowest BCUT2D eigenvalue weighted by atomic mass is 10.1. The highest BCUT2D eigenvalue weighted by molar-refractivity contribution is 5.92. The fourth-order valence-corrected chi connectivity index (χ4v) is 1.32. The topological polar surface area (TPSA) is 43.4 Å². The van der Waals surface area contributed by atoms with Crippen molar-refractivity contribution in [2.75, 3.05) is 0 Å². The van der Waals surface area contributed by atoms with Crippen molar-refractivity contribution in [3.63, 3.8) is 0 Å². The van der Waals surface area contributed by atoms with Crippen molar-refractivity contribution >= 4 is 12.3 Å². The summed E-state index contributed by atoms with van der Waals surface area (Å²) < 4.78 is 5.26. The number of ether oxygens (including phenoxy) is 1. The molecule has 86 valence electrons. The second-order valence-corrected chi connectivity index (χ2v) is 4.53. The van der Waals surface area contributed by atoms with E-state index in [9.17, 15) is 9.59 Å². The molecule has 3 nitrogen and oxygen atoms in total. The highest BCUT2D eigenvalue weighted by Crippen LogP contribution is 2.15. The van der Waals surface area contributed by atoms with Crippen molar-refractivity contribution in [3.05, 3.63) is 35.4 Å². The maximum atomic E-state index is 11.8. The van der Waals surface area contributed by atoms with Crippen LogP contribution in [0.25, 0.3) is 0 Å². The zero-order chi connectivity index (χ0) is 12.2. The van der Waals surface area contributed by atoms with E-state index in [-0.39, 0.29) is 12.4 Å². The first-order chi connectivity index (χ1) is 7.44. The molecule has 1 aromatic rings. The lowest BCUT2D eigenvalue weighted by molar-refractivity contribution is -0.107. The van der Waals surface area contributed by atoms with Crippen LogP contribution in [-0.4, -0.2) is 17.9 Å². The number of carbonyl (C=O) groups is 2. The van der Waals surface area contributed by atoms with Gasteiger partial charge in [-0.05, 0) is 32.4 Å². The Hall–Kier alpha value is -1.64. The van der Waals surface area contributed by atoms with Crippen molar-refractivity contribution in [2.45, 2.75) is 32.8 Å². The molecule has 0 aromatic heterocycles. The molecule has 1 aromatic carbocycles. The monoisotopic (exact) mass is 220 g/mol. The standard InChI is InChI=1S/C13H16O3/c1-13(2,3)16-12(15)11-7-5-4-6-10(11)8-9-14/h4-7,9H,8H2,1-3H3. The van der Waals surface area contributed by atoms with Crippen LogP contribution in [0.5, 0.6) is 0 Å². The molecule has 0 aliphatic carbocycles. The summed E-state index contributed by atoms with van der Waals surface area (Å²) in [6.45, 7) is 5.44. The van der Waals surface area contributed by atoms with Gasteiger partial charge in [-0.2, -0.15) is 0 Å². The first kappa shape index (κ1) is 12.4. The first-order valence-electron chi connectivity index (χ1n) is 5.19. The number of benzene rings is 1. The number of hydrogen-bond acceptors (Lipinski definition) is 3. The third-order valence-electron chi connectivity index (χ3n) is 1.94. The Morgan fingerprint density at radius 3 is 2.50 bits per heavy atom. The number of hydrogen-bond donors (Lipinski definition) is 0. The van der Waals surface area contributed by atoms with Gasteiger partial charge in [-0.15, -0.1) is 0 Å². The summed E-state index contributed by atoms with van der Waals surface area (Å²) in [5, 5.41) is 0. The van der Waals surface area contributed by atoms with Gasteiger partial charge in [0.05, 0.1) is 5.56 Å². The molecular formula is C13H16O3. The third kappa shape index (κ3) is 3.50. The van der Waals surface area contributed by atoms with E-state index in [1.165, 1.54) is 0 Å². The van der Waals surface area contributed by atoms with Crippen LogP contribution in [0.2, 0.25) is 0 Å². The lowest BCUT2D eigenvalue weighted by Crippen LogP contribution is -2.24. The summed E-state index contributed by atoms with van der Waals surface area (Å²) in [6.07, 6.45) is 1.01. The fraction of sp³-hybridized carbons (Fsp3) is 0.385. The van der Waals surface area contributed by atoms with Gasteiger partial charge in [-0.1, -0.05) is 18.2 Å². The van der Waals surface area contributed by atoms with Gasteiger partial charge < -0.3 is 9.53 Å². The Balaban J connectivity index is 2.94. The molecule has 0 radical (unpaired) electrons. The van der Waals surface area contributed by atoms with Crippen LogP contribution < -0.4 is 0 Å². The van der Waals surface area contributed by atoms with Crippen LogP contribution >= 0.6 is 0 Å². The molecule has 0 aliphatic heterocycles. The molecule has 3 heteroatoms. The predicted octanol–water partition coefficient (Wildman–Crippen LogP) is 2.38. The van der Waals surface area contributed by atoms with Gasteiger partial charge in [0.1, 0.15) is 11.9 Å². The molecule has 0 N–H and O–H groups in total. The van der Waals surface area contributed by atoms with E-state index in [4.69, 9.17) is 4.74 Å². The Labute approximate surface area is 95.4 Å².